The van der Waals surface area contributed by atoms with Gasteiger partial charge in [0.2, 0.25) is 0 Å². The summed E-state index contributed by atoms with van der Waals surface area (Å²) in [7, 11) is 0. The number of aliphatic hydroxyl groups excluding tert-OH is 4. The third kappa shape index (κ3) is 1.58. The third-order valence-electron chi connectivity index (χ3n) is 1.93. The molecule has 5 atom stereocenters. The first-order chi connectivity index (χ1) is 5.57. The van der Waals surface area contributed by atoms with Crippen LogP contribution in [0.1, 0.15) is 0 Å². The zero-order valence-corrected chi connectivity index (χ0v) is 6.37. The van der Waals surface area contributed by atoms with E-state index in [1.807, 2.05) is 0 Å². The first-order valence-electron chi connectivity index (χ1n) is 3.64. The minimum Gasteiger partial charge on any atom is -0.394 e. The molecule has 0 aromatic heterocycles. The molecule has 6 N–H and O–H groups in total. The molecule has 1 aliphatic rings. The summed E-state index contributed by atoms with van der Waals surface area (Å²) < 4.78 is 4.80. The molecule has 1 rings (SSSR count). The zero-order chi connectivity index (χ0) is 9.30. The number of aliphatic hydroxyl groups is 4. The van der Waals surface area contributed by atoms with Crippen LogP contribution in [0.15, 0.2) is 0 Å². The van der Waals surface area contributed by atoms with E-state index >= 15 is 0 Å². The van der Waals surface area contributed by atoms with Crippen LogP contribution >= 0.6 is 0 Å². The smallest absolute Gasteiger partial charge is 0.135 e. The van der Waals surface area contributed by atoms with Crippen LogP contribution in [0.2, 0.25) is 0 Å². The van der Waals surface area contributed by atoms with Crippen molar-refractivity contribution in [3.8, 4) is 0 Å². The van der Waals surface area contributed by atoms with Gasteiger partial charge in [-0.3, -0.25) is 0 Å². The molecule has 0 radical (unpaired) electrons. The fraction of sp³-hybridized carbons (Fsp3) is 1.00. The van der Waals surface area contributed by atoms with Gasteiger partial charge in [-0.2, -0.15) is 0 Å². The summed E-state index contributed by atoms with van der Waals surface area (Å²) in [6.45, 7) is -0.446. The molecule has 0 bridgehead atoms. The lowest BCUT2D eigenvalue weighted by molar-refractivity contribution is -0.227. The predicted molar refractivity (Wildman–Crippen MR) is 38.0 cm³/mol. The summed E-state index contributed by atoms with van der Waals surface area (Å²) in [6, 6.07) is 0. The van der Waals surface area contributed by atoms with Crippen molar-refractivity contribution in [2.24, 2.45) is 5.73 Å². The van der Waals surface area contributed by atoms with Crippen molar-refractivity contribution in [3.05, 3.63) is 0 Å². The van der Waals surface area contributed by atoms with Gasteiger partial charge in [0, 0.05) is 0 Å². The van der Waals surface area contributed by atoms with Gasteiger partial charge < -0.3 is 30.9 Å². The van der Waals surface area contributed by atoms with Gasteiger partial charge in [0.25, 0.3) is 0 Å². The van der Waals surface area contributed by atoms with Gasteiger partial charge in [0.1, 0.15) is 30.6 Å². The topological polar surface area (TPSA) is 116 Å². The number of hydrogen-bond acceptors (Lipinski definition) is 6. The molecule has 0 amide bonds. The van der Waals surface area contributed by atoms with Crippen molar-refractivity contribution in [3.63, 3.8) is 0 Å². The van der Waals surface area contributed by atoms with E-state index in [0.717, 1.165) is 0 Å². The largest absolute Gasteiger partial charge is 0.394 e. The lowest BCUT2D eigenvalue weighted by Gasteiger charge is -2.38. The van der Waals surface area contributed by atoms with Crippen molar-refractivity contribution in [2.75, 3.05) is 6.61 Å². The van der Waals surface area contributed by atoms with Gasteiger partial charge in [-0.1, -0.05) is 0 Å². The van der Waals surface area contributed by atoms with E-state index < -0.39 is 37.3 Å². The third-order valence-corrected chi connectivity index (χ3v) is 1.93. The van der Waals surface area contributed by atoms with Gasteiger partial charge in [-0.05, 0) is 0 Å². The summed E-state index contributed by atoms with van der Waals surface area (Å²) in [5, 5.41) is 36.1. The van der Waals surface area contributed by atoms with Gasteiger partial charge >= 0.3 is 0 Å². The maximum Gasteiger partial charge on any atom is 0.135 e. The Balaban J connectivity index is 2.63. The van der Waals surface area contributed by atoms with Crippen LogP contribution in [0.3, 0.4) is 0 Å². The van der Waals surface area contributed by atoms with Crippen LogP contribution in [0, 0.1) is 0 Å². The minimum atomic E-state index is -1.37. The molecule has 1 fully saturated rings. The van der Waals surface area contributed by atoms with Crippen molar-refractivity contribution in [2.45, 2.75) is 30.6 Å². The Labute approximate surface area is 69.2 Å². The Hall–Kier alpha value is -0.240. The van der Waals surface area contributed by atoms with E-state index in [1.165, 1.54) is 0 Å². The molecule has 0 unspecified atom stereocenters. The number of ether oxygens (including phenoxy) is 1. The molecule has 72 valence electrons. The Morgan fingerprint density at radius 1 is 1.08 bits per heavy atom. The Bertz CT molecular complexity index is 150. The molecule has 0 spiro atoms. The van der Waals surface area contributed by atoms with Gasteiger partial charge in [-0.15, -0.1) is 0 Å². The summed E-state index contributed by atoms with van der Waals surface area (Å²) >= 11 is 0. The molecule has 6 heteroatoms. The second-order valence-electron chi connectivity index (χ2n) is 2.79. The fourth-order valence-corrected chi connectivity index (χ4v) is 1.13. The van der Waals surface area contributed by atoms with Crippen LogP contribution in [-0.4, -0.2) is 57.7 Å². The molecule has 0 aromatic carbocycles. The van der Waals surface area contributed by atoms with Crippen LogP contribution in [0.5, 0.6) is 0 Å². The van der Waals surface area contributed by atoms with Gasteiger partial charge in [0.15, 0.2) is 0 Å². The van der Waals surface area contributed by atoms with Crippen molar-refractivity contribution < 1.29 is 25.2 Å². The van der Waals surface area contributed by atoms with Crippen LogP contribution in [0.4, 0.5) is 0 Å². The quantitative estimate of drug-likeness (QED) is 0.288. The molecule has 12 heavy (non-hydrogen) atoms. The molecule has 0 aromatic rings. The second kappa shape index (κ2) is 3.65. The average Bonchev–Trinajstić information content (AvgIpc) is 2.08. The van der Waals surface area contributed by atoms with Crippen molar-refractivity contribution in [1.29, 1.82) is 0 Å². The molecule has 6 nitrogen and oxygen atoms in total. The monoisotopic (exact) mass is 179 g/mol. The first-order valence-corrected chi connectivity index (χ1v) is 3.64. The highest BCUT2D eigenvalue weighted by atomic mass is 16.6. The van der Waals surface area contributed by atoms with E-state index in [-0.39, 0.29) is 0 Å². The summed E-state index contributed by atoms with van der Waals surface area (Å²) in [5.74, 6) is 0. The highest BCUT2D eigenvalue weighted by Gasteiger charge is 2.41. The molecule has 0 aliphatic carbocycles. The van der Waals surface area contributed by atoms with Gasteiger partial charge in [-0.25, -0.2) is 0 Å². The highest BCUT2D eigenvalue weighted by Crippen LogP contribution is 2.17. The number of nitrogens with two attached hydrogens (primary N) is 1. The first kappa shape index (κ1) is 9.85. The number of hydrogen-bond donors (Lipinski definition) is 5. The lowest BCUT2D eigenvalue weighted by Crippen LogP contribution is -2.61. The van der Waals surface area contributed by atoms with E-state index in [1.54, 1.807) is 0 Å². The fourth-order valence-electron chi connectivity index (χ4n) is 1.13. The van der Waals surface area contributed by atoms with Crippen molar-refractivity contribution in [1.82, 2.24) is 0 Å². The van der Waals surface area contributed by atoms with E-state index in [2.05, 4.69) is 0 Å². The van der Waals surface area contributed by atoms with Crippen molar-refractivity contribution >= 4 is 0 Å². The van der Waals surface area contributed by atoms with E-state index in [9.17, 15) is 5.11 Å². The molecular formula is C6H13NO5. The zero-order valence-electron chi connectivity index (χ0n) is 6.37. The Morgan fingerprint density at radius 2 is 1.67 bits per heavy atom. The summed E-state index contributed by atoms with van der Waals surface area (Å²) in [4.78, 5) is 0. The second-order valence-corrected chi connectivity index (χ2v) is 2.79. The Kier molecular flexibility index (Phi) is 2.99. The summed E-state index contributed by atoms with van der Waals surface area (Å²) in [5.41, 5.74) is 5.24. The normalized spacial score (nSPS) is 49.2. The molecule has 0 saturated carbocycles. The molecule has 1 saturated heterocycles. The SMILES string of the molecule is N[C@H]1O[C@H](CO)[C@H](O)[C@H](O)[C@H]1O. The standard InChI is InChI=1S/C6H13NO5/c7-6-5(11)4(10)3(9)2(1-8)12-6/h2-6,8-11H,1,7H2/t2-,3+,4+,5-,6+/m1/s1. The minimum absolute atomic E-state index is 0.446. The van der Waals surface area contributed by atoms with Gasteiger partial charge in [0.05, 0.1) is 6.61 Å². The van der Waals surface area contributed by atoms with E-state index in [4.69, 9.17) is 25.8 Å². The molecular weight excluding hydrogens is 166 g/mol. The van der Waals surface area contributed by atoms with Crippen LogP contribution < -0.4 is 5.73 Å². The molecule has 1 aliphatic heterocycles. The number of rotatable bonds is 1. The maximum atomic E-state index is 9.18. The Morgan fingerprint density at radius 3 is 2.17 bits per heavy atom. The lowest BCUT2D eigenvalue weighted by atomic mass is 9.99. The summed E-state index contributed by atoms with van der Waals surface area (Å²) in [6.07, 6.45) is -5.99. The van der Waals surface area contributed by atoms with Crippen LogP contribution in [0.25, 0.3) is 0 Å². The molecule has 1 heterocycles. The maximum absolute atomic E-state index is 9.18. The van der Waals surface area contributed by atoms with E-state index in [0.29, 0.717) is 0 Å². The highest BCUT2D eigenvalue weighted by molar-refractivity contribution is 4.89. The predicted octanol–water partition coefficient (Wildman–Crippen LogP) is -3.25. The average molecular weight is 179 g/mol. The van der Waals surface area contributed by atoms with Crippen LogP contribution in [-0.2, 0) is 4.74 Å².